The molecule has 0 spiro atoms. The molecular weight excluding hydrogens is 321 g/mol. The molecule has 5 heteroatoms. The lowest BCUT2D eigenvalue weighted by Crippen LogP contribution is -2.30. The van der Waals surface area contributed by atoms with Crippen molar-refractivity contribution in [2.45, 2.75) is 39.7 Å². The van der Waals surface area contributed by atoms with Crippen LogP contribution in [0.5, 0.6) is 0 Å². The van der Waals surface area contributed by atoms with Crippen molar-refractivity contribution in [3.63, 3.8) is 0 Å². The summed E-state index contributed by atoms with van der Waals surface area (Å²) in [5.74, 6) is -1.42. The molecule has 2 aromatic rings. The number of esters is 1. The van der Waals surface area contributed by atoms with Gasteiger partial charge in [-0.25, -0.2) is 9.18 Å². The Hall–Kier alpha value is -2.69. The van der Waals surface area contributed by atoms with Crippen molar-refractivity contribution in [3.05, 3.63) is 65.0 Å². The van der Waals surface area contributed by atoms with Crippen LogP contribution >= 0.6 is 0 Å². The quantitative estimate of drug-likeness (QED) is 0.817. The Morgan fingerprint density at radius 3 is 2.40 bits per heavy atom. The lowest BCUT2D eigenvalue weighted by molar-refractivity contribution is -0.123. The van der Waals surface area contributed by atoms with Gasteiger partial charge in [0.05, 0.1) is 5.56 Å². The van der Waals surface area contributed by atoms with E-state index in [0.29, 0.717) is 11.3 Å². The van der Waals surface area contributed by atoms with E-state index >= 15 is 0 Å². The summed E-state index contributed by atoms with van der Waals surface area (Å²) >= 11 is 0. The molecule has 2 rings (SSSR count). The number of halogens is 1. The summed E-state index contributed by atoms with van der Waals surface area (Å²) < 4.78 is 18.7. The largest absolute Gasteiger partial charge is 0.449 e. The zero-order valence-electron chi connectivity index (χ0n) is 14.8. The van der Waals surface area contributed by atoms with Crippen LogP contribution in [-0.4, -0.2) is 18.0 Å². The van der Waals surface area contributed by atoms with E-state index < -0.39 is 23.8 Å². The second-order valence-electron chi connectivity index (χ2n) is 6.24. The zero-order chi connectivity index (χ0) is 18.6. The highest BCUT2D eigenvalue weighted by atomic mass is 19.1. The SMILES string of the molecule is Cc1ccc(C(=O)O[C@H](C)C(=O)Nc2ccccc2C(C)C)cc1F. The fourth-order valence-electron chi connectivity index (χ4n) is 2.35. The Morgan fingerprint density at radius 1 is 1.08 bits per heavy atom. The molecule has 2 aromatic carbocycles. The van der Waals surface area contributed by atoms with Gasteiger partial charge in [0.25, 0.3) is 5.91 Å². The highest BCUT2D eigenvalue weighted by Gasteiger charge is 2.20. The molecule has 0 saturated carbocycles. The van der Waals surface area contributed by atoms with Gasteiger partial charge < -0.3 is 10.1 Å². The Bertz CT molecular complexity index is 786. The molecule has 132 valence electrons. The van der Waals surface area contributed by atoms with E-state index in [1.807, 2.05) is 32.0 Å². The Kier molecular flexibility index (Phi) is 5.91. The molecule has 1 amide bonds. The van der Waals surface area contributed by atoms with Gasteiger partial charge in [-0.05, 0) is 49.1 Å². The molecular formula is C20H22FNO3. The third kappa shape index (κ3) is 4.66. The van der Waals surface area contributed by atoms with Crippen LogP contribution in [0.15, 0.2) is 42.5 Å². The number of benzene rings is 2. The van der Waals surface area contributed by atoms with E-state index in [2.05, 4.69) is 5.32 Å². The Morgan fingerprint density at radius 2 is 1.76 bits per heavy atom. The van der Waals surface area contributed by atoms with E-state index in [1.165, 1.54) is 19.1 Å². The van der Waals surface area contributed by atoms with Crippen LogP contribution in [-0.2, 0) is 9.53 Å². The number of carbonyl (C=O) groups excluding carboxylic acids is 2. The van der Waals surface area contributed by atoms with E-state index in [9.17, 15) is 14.0 Å². The minimum atomic E-state index is -1.00. The fourth-order valence-corrected chi connectivity index (χ4v) is 2.35. The number of nitrogens with one attached hydrogen (secondary N) is 1. The predicted molar refractivity (Wildman–Crippen MR) is 95.2 cm³/mol. The molecule has 4 nitrogen and oxygen atoms in total. The molecule has 0 aliphatic heterocycles. The van der Waals surface area contributed by atoms with Crippen molar-refractivity contribution in [3.8, 4) is 0 Å². The third-order valence-electron chi connectivity index (χ3n) is 3.90. The van der Waals surface area contributed by atoms with Crippen molar-refractivity contribution in [2.75, 3.05) is 5.32 Å². The van der Waals surface area contributed by atoms with Gasteiger partial charge in [0.2, 0.25) is 0 Å². The number of anilines is 1. The second kappa shape index (κ2) is 7.92. The topological polar surface area (TPSA) is 55.4 Å². The van der Waals surface area contributed by atoms with E-state index in [4.69, 9.17) is 4.74 Å². The van der Waals surface area contributed by atoms with Crippen molar-refractivity contribution in [1.82, 2.24) is 0 Å². The van der Waals surface area contributed by atoms with Gasteiger partial charge in [-0.2, -0.15) is 0 Å². The third-order valence-corrected chi connectivity index (χ3v) is 3.90. The first-order valence-electron chi connectivity index (χ1n) is 8.16. The highest BCUT2D eigenvalue weighted by molar-refractivity contribution is 5.97. The van der Waals surface area contributed by atoms with Crippen LogP contribution in [0.3, 0.4) is 0 Å². The van der Waals surface area contributed by atoms with Gasteiger partial charge in [0, 0.05) is 5.69 Å². The van der Waals surface area contributed by atoms with Crippen LogP contribution in [0.4, 0.5) is 10.1 Å². The molecule has 0 saturated heterocycles. The summed E-state index contributed by atoms with van der Waals surface area (Å²) in [6.45, 7) is 7.14. The first kappa shape index (κ1) is 18.6. The average molecular weight is 343 g/mol. The van der Waals surface area contributed by atoms with Gasteiger partial charge in [0.1, 0.15) is 5.82 Å². The molecule has 0 aliphatic carbocycles. The minimum absolute atomic E-state index is 0.0744. The molecule has 1 atom stereocenters. The maximum Gasteiger partial charge on any atom is 0.339 e. The van der Waals surface area contributed by atoms with E-state index in [0.717, 1.165) is 11.6 Å². The number of amides is 1. The summed E-state index contributed by atoms with van der Waals surface area (Å²) in [6, 6.07) is 11.5. The number of ether oxygens (including phenoxy) is 1. The Labute approximate surface area is 147 Å². The fraction of sp³-hybridized carbons (Fsp3) is 0.300. The number of rotatable bonds is 5. The minimum Gasteiger partial charge on any atom is -0.449 e. The van der Waals surface area contributed by atoms with Crippen molar-refractivity contribution in [1.29, 1.82) is 0 Å². The molecule has 0 heterocycles. The number of hydrogen-bond donors (Lipinski definition) is 1. The lowest BCUT2D eigenvalue weighted by atomic mass is 10.0. The van der Waals surface area contributed by atoms with Crippen LogP contribution in [0.1, 0.15) is 48.2 Å². The Balaban J connectivity index is 2.05. The molecule has 0 radical (unpaired) electrons. The monoisotopic (exact) mass is 343 g/mol. The van der Waals surface area contributed by atoms with Gasteiger partial charge >= 0.3 is 5.97 Å². The normalized spacial score (nSPS) is 11.9. The predicted octanol–water partition coefficient (Wildman–Crippen LogP) is 4.44. The van der Waals surface area contributed by atoms with E-state index in [1.54, 1.807) is 13.0 Å². The number of aryl methyl sites for hydroxylation is 1. The number of para-hydroxylation sites is 1. The van der Waals surface area contributed by atoms with Crippen molar-refractivity contribution in [2.24, 2.45) is 0 Å². The maximum absolute atomic E-state index is 13.6. The van der Waals surface area contributed by atoms with Crippen LogP contribution in [0.25, 0.3) is 0 Å². The van der Waals surface area contributed by atoms with Gasteiger partial charge in [-0.3, -0.25) is 4.79 Å². The average Bonchev–Trinajstić information content (AvgIpc) is 2.57. The standard InChI is InChI=1S/C20H22FNO3/c1-12(2)16-7-5-6-8-18(16)22-19(23)14(4)25-20(24)15-10-9-13(3)17(21)11-15/h5-12,14H,1-4H3,(H,22,23)/t14-/m1/s1. The lowest BCUT2D eigenvalue weighted by Gasteiger charge is -2.17. The van der Waals surface area contributed by atoms with Gasteiger partial charge in [-0.15, -0.1) is 0 Å². The maximum atomic E-state index is 13.6. The molecule has 25 heavy (non-hydrogen) atoms. The van der Waals surface area contributed by atoms with Crippen molar-refractivity contribution >= 4 is 17.6 Å². The first-order valence-corrected chi connectivity index (χ1v) is 8.16. The molecule has 0 fully saturated rings. The molecule has 0 unspecified atom stereocenters. The molecule has 0 aromatic heterocycles. The summed E-state index contributed by atoms with van der Waals surface area (Å²) in [7, 11) is 0. The van der Waals surface area contributed by atoms with Gasteiger partial charge in [0.15, 0.2) is 6.10 Å². The summed E-state index contributed by atoms with van der Waals surface area (Å²) in [5.41, 5.74) is 2.19. The summed E-state index contributed by atoms with van der Waals surface area (Å²) in [6.07, 6.45) is -1.00. The van der Waals surface area contributed by atoms with Crippen molar-refractivity contribution < 1.29 is 18.7 Å². The van der Waals surface area contributed by atoms with Crippen LogP contribution in [0.2, 0.25) is 0 Å². The number of carbonyl (C=O) groups is 2. The van der Waals surface area contributed by atoms with Crippen LogP contribution in [0, 0.1) is 12.7 Å². The van der Waals surface area contributed by atoms with Crippen LogP contribution < -0.4 is 5.32 Å². The summed E-state index contributed by atoms with van der Waals surface area (Å²) in [5, 5.41) is 2.78. The smallest absolute Gasteiger partial charge is 0.339 e. The summed E-state index contributed by atoms with van der Waals surface area (Å²) in [4.78, 5) is 24.4. The highest BCUT2D eigenvalue weighted by Crippen LogP contribution is 2.24. The molecule has 0 bridgehead atoms. The van der Waals surface area contributed by atoms with E-state index in [-0.39, 0.29) is 11.5 Å². The molecule has 1 N–H and O–H groups in total. The number of hydrogen-bond acceptors (Lipinski definition) is 3. The second-order valence-corrected chi connectivity index (χ2v) is 6.24. The zero-order valence-corrected chi connectivity index (χ0v) is 14.8. The molecule has 0 aliphatic rings. The van der Waals surface area contributed by atoms with Gasteiger partial charge in [-0.1, -0.05) is 38.1 Å². The first-order chi connectivity index (χ1) is 11.8.